The van der Waals surface area contributed by atoms with Gasteiger partial charge in [-0.25, -0.2) is 13.2 Å². The minimum Gasteiger partial charge on any atom is -0.462 e. The van der Waals surface area contributed by atoms with Crippen LogP contribution in [0, 0.1) is 0 Å². The predicted molar refractivity (Wildman–Crippen MR) is 114 cm³/mol. The number of esters is 1. The number of ether oxygens (including phenoxy) is 1. The van der Waals surface area contributed by atoms with Gasteiger partial charge < -0.3 is 10.1 Å². The molecule has 1 aromatic carbocycles. The van der Waals surface area contributed by atoms with Gasteiger partial charge in [0.2, 0.25) is 5.91 Å². The number of rotatable bonds is 8. The molecule has 0 unspecified atom stereocenters. The number of anilines is 1. The van der Waals surface area contributed by atoms with Gasteiger partial charge in [0.15, 0.2) is 9.84 Å². The number of benzene rings is 1. The molecule has 0 atom stereocenters. The van der Waals surface area contributed by atoms with Gasteiger partial charge in [-0.2, -0.15) is 0 Å². The van der Waals surface area contributed by atoms with Gasteiger partial charge in [-0.1, -0.05) is 30.3 Å². The van der Waals surface area contributed by atoms with Gasteiger partial charge in [-0.15, -0.1) is 11.3 Å². The summed E-state index contributed by atoms with van der Waals surface area (Å²) in [4.78, 5) is 26.0. The van der Waals surface area contributed by atoms with Crippen LogP contribution < -0.4 is 5.32 Å². The molecular weight excluding hydrogens is 410 g/mol. The smallest absolute Gasteiger partial charge is 0.341 e. The fraction of sp³-hybridized carbons (Fsp3) is 0.429. The molecule has 6 nitrogen and oxygen atoms in total. The average Bonchev–Trinajstić information content (AvgIpc) is 3.05. The van der Waals surface area contributed by atoms with Crippen molar-refractivity contribution in [2.45, 2.75) is 44.8 Å². The molecule has 0 spiro atoms. The molecule has 0 fully saturated rings. The number of hydrogen-bond acceptors (Lipinski definition) is 6. The number of nitrogens with one attached hydrogen (secondary N) is 1. The molecule has 1 N–H and O–H groups in total. The lowest BCUT2D eigenvalue weighted by Crippen LogP contribution is -2.19. The summed E-state index contributed by atoms with van der Waals surface area (Å²) in [5.41, 5.74) is 2.10. The Morgan fingerprint density at radius 3 is 2.59 bits per heavy atom. The molecule has 1 aliphatic rings. The van der Waals surface area contributed by atoms with E-state index in [0.29, 0.717) is 16.1 Å². The normalized spacial score (nSPS) is 13.6. The third-order valence-electron chi connectivity index (χ3n) is 4.77. The van der Waals surface area contributed by atoms with Crippen LogP contribution in [0.2, 0.25) is 0 Å². The van der Waals surface area contributed by atoms with E-state index in [9.17, 15) is 18.0 Å². The molecule has 1 amide bonds. The SMILES string of the molecule is CCOC(=O)c1c(NC(=O)CCS(=O)(=O)Cc2ccccc2)sc2c1CCCC2. The number of amides is 1. The number of carbonyl (C=O) groups excluding carboxylic acids is 2. The van der Waals surface area contributed by atoms with Crippen molar-refractivity contribution in [1.82, 2.24) is 0 Å². The van der Waals surface area contributed by atoms with Crippen molar-refractivity contribution in [1.29, 1.82) is 0 Å². The molecular formula is C21H25NO5S2. The molecule has 1 aliphatic carbocycles. The van der Waals surface area contributed by atoms with Crippen molar-refractivity contribution >= 4 is 38.1 Å². The molecule has 0 aliphatic heterocycles. The van der Waals surface area contributed by atoms with Gasteiger partial charge >= 0.3 is 5.97 Å². The summed E-state index contributed by atoms with van der Waals surface area (Å²) in [6.07, 6.45) is 3.58. The molecule has 3 rings (SSSR count). The van der Waals surface area contributed by atoms with E-state index in [1.54, 1.807) is 31.2 Å². The second-order valence-electron chi connectivity index (χ2n) is 7.01. The van der Waals surface area contributed by atoms with Crippen molar-refractivity contribution in [2.75, 3.05) is 17.7 Å². The Bertz CT molecular complexity index is 980. The number of hydrogen-bond donors (Lipinski definition) is 1. The predicted octanol–water partition coefficient (Wildman–Crippen LogP) is 3.75. The second-order valence-corrected chi connectivity index (χ2v) is 10.3. The molecule has 0 radical (unpaired) electrons. The Hall–Kier alpha value is -2.19. The molecule has 2 aromatic rings. The lowest BCUT2D eigenvalue weighted by Gasteiger charge is -2.12. The van der Waals surface area contributed by atoms with E-state index < -0.39 is 21.7 Å². The maximum absolute atomic E-state index is 12.4. The standard InChI is InChI=1S/C21H25NO5S2/c1-2-27-21(24)19-16-10-6-7-11-17(16)28-20(19)22-18(23)12-13-29(25,26)14-15-8-4-3-5-9-15/h3-5,8-9H,2,6-7,10-14H2,1H3,(H,22,23). The van der Waals surface area contributed by atoms with Crippen LogP contribution >= 0.6 is 11.3 Å². The summed E-state index contributed by atoms with van der Waals surface area (Å²) in [6.45, 7) is 2.00. The van der Waals surface area contributed by atoms with E-state index in [1.165, 1.54) is 11.3 Å². The largest absolute Gasteiger partial charge is 0.462 e. The van der Waals surface area contributed by atoms with Crippen LogP contribution in [0.3, 0.4) is 0 Å². The van der Waals surface area contributed by atoms with Gasteiger partial charge in [0, 0.05) is 11.3 Å². The second kappa shape index (κ2) is 9.54. The van der Waals surface area contributed by atoms with Crippen LogP contribution in [0.15, 0.2) is 30.3 Å². The summed E-state index contributed by atoms with van der Waals surface area (Å²) >= 11 is 1.40. The number of fused-ring (bicyclic) bond motifs is 1. The molecule has 8 heteroatoms. The van der Waals surface area contributed by atoms with E-state index in [1.807, 2.05) is 6.07 Å². The monoisotopic (exact) mass is 435 g/mol. The van der Waals surface area contributed by atoms with E-state index in [2.05, 4.69) is 5.32 Å². The van der Waals surface area contributed by atoms with Crippen LogP contribution in [-0.4, -0.2) is 32.7 Å². The van der Waals surface area contributed by atoms with Crippen LogP contribution in [-0.2, 0) is 38.0 Å². The lowest BCUT2D eigenvalue weighted by molar-refractivity contribution is -0.115. The highest BCUT2D eigenvalue weighted by Gasteiger charge is 2.27. The average molecular weight is 436 g/mol. The van der Waals surface area contributed by atoms with Gasteiger partial charge in [-0.05, 0) is 43.7 Å². The highest BCUT2D eigenvalue weighted by molar-refractivity contribution is 7.90. The summed E-state index contributed by atoms with van der Waals surface area (Å²) in [5.74, 6) is -1.18. The molecule has 156 valence electrons. The van der Waals surface area contributed by atoms with Crippen molar-refractivity contribution in [3.05, 3.63) is 51.9 Å². The third kappa shape index (κ3) is 5.67. The van der Waals surface area contributed by atoms with Crippen LogP contribution in [0.1, 0.15) is 52.5 Å². The van der Waals surface area contributed by atoms with Gasteiger partial charge in [-0.3, -0.25) is 4.79 Å². The molecule has 0 saturated heterocycles. The zero-order chi connectivity index (χ0) is 20.9. The van der Waals surface area contributed by atoms with Gasteiger partial charge in [0.1, 0.15) is 5.00 Å². The minimum absolute atomic E-state index is 0.0947. The summed E-state index contributed by atoms with van der Waals surface area (Å²) in [7, 11) is -3.41. The number of sulfone groups is 1. The lowest BCUT2D eigenvalue weighted by atomic mass is 9.95. The fourth-order valence-corrected chi connectivity index (χ4v) is 6.05. The Balaban J connectivity index is 1.67. The highest BCUT2D eigenvalue weighted by Crippen LogP contribution is 2.38. The summed E-state index contributed by atoms with van der Waals surface area (Å²) < 4.78 is 29.8. The van der Waals surface area contributed by atoms with Crippen molar-refractivity contribution in [3.63, 3.8) is 0 Å². The maximum atomic E-state index is 12.4. The highest BCUT2D eigenvalue weighted by atomic mass is 32.2. The quantitative estimate of drug-likeness (QED) is 0.638. The van der Waals surface area contributed by atoms with E-state index in [4.69, 9.17) is 4.74 Å². The van der Waals surface area contributed by atoms with Crippen LogP contribution in [0.25, 0.3) is 0 Å². The van der Waals surface area contributed by atoms with Crippen molar-refractivity contribution < 1.29 is 22.7 Å². The van der Waals surface area contributed by atoms with Crippen molar-refractivity contribution in [3.8, 4) is 0 Å². The third-order valence-corrected chi connectivity index (χ3v) is 7.58. The Morgan fingerprint density at radius 1 is 1.14 bits per heavy atom. The summed E-state index contributed by atoms with van der Waals surface area (Å²) in [5, 5.41) is 3.23. The van der Waals surface area contributed by atoms with Crippen molar-refractivity contribution in [2.24, 2.45) is 0 Å². The first-order valence-corrected chi connectivity index (χ1v) is 12.4. The maximum Gasteiger partial charge on any atom is 0.341 e. The number of carbonyl (C=O) groups is 2. The first-order valence-electron chi connectivity index (χ1n) is 9.75. The molecule has 1 aromatic heterocycles. The molecule has 0 bridgehead atoms. The zero-order valence-electron chi connectivity index (χ0n) is 16.4. The molecule has 29 heavy (non-hydrogen) atoms. The molecule has 0 saturated carbocycles. The number of aryl methyl sites for hydroxylation is 1. The van der Waals surface area contributed by atoms with Crippen LogP contribution in [0.5, 0.6) is 0 Å². The van der Waals surface area contributed by atoms with E-state index in [-0.39, 0.29) is 24.5 Å². The zero-order valence-corrected chi connectivity index (χ0v) is 18.0. The molecule has 1 heterocycles. The Labute approximate surface area is 175 Å². The first-order chi connectivity index (χ1) is 13.9. The fourth-order valence-electron chi connectivity index (χ4n) is 3.41. The van der Waals surface area contributed by atoms with Gasteiger partial charge in [0.05, 0.1) is 23.7 Å². The Kier molecular flexibility index (Phi) is 7.08. The van der Waals surface area contributed by atoms with E-state index in [0.717, 1.165) is 36.1 Å². The Morgan fingerprint density at radius 2 is 1.86 bits per heavy atom. The van der Waals surface area contributed by atoms with Crippen LogP contribution in [0.4, 0.5) is 5.00 Å². The minimum atomic E-state index is -3.41. The van der Waals surface area contributed by atoms with Gasteiger partial charge in [0.25, 0.3) is 0 Å². The first kappa shape index (κ1) is 21.5. The topological polar surface area (TPSA) is 89.5 Å². The van der Waals surface area contributed by atoms with E-state index >= 15 is 0 Å². The summed E-state index contributed by atoms with van der Waals surface area (Å²) in [6, 6.07) is 8.89. The number of thiophene rings is 1.